The van der Waals surface area contributed by atoms with Gasteiger partial charge in [-0.05, 0) is 36.6 Å². The molecule has 8 nitrogen and oxygen atoms in total. The van der Waals surface area contributed by atoms with Gasteiger partial charge >= 0.3 is 0 Å². The van der Waals surface area contributed by atoms with Crippen LogP contribution in [0.3, 0.4) is 0 Å². The first-order valence-electron chi connectivity index (χ1n) is 9.62. The first-order chi connectivity index (χ1) is 14.8. The van der Waals surface area contributed by atoms with E-state index in [4.69, 9.17) is 5.73 Å². The molecule has 1 saturated heterocycles. The predicted octanol–water partition coefficient (Wildman–Crippen LogP) is 2.09. The van der Waals surface area contributed by atoms with Crippen molar-refractivity contribution in [2.24, 2.45) is 0 Å². The fraction of sp³-hybridized carbons (Fsp3) is 0.190. The maximum absolute atomic E-state index is 14.9. The molecule has 1 fully saturated rings. The van der Waals surface area contributed by atoms with Gasteiger partial charge in [0.1, 0.15) is 17.7 Å². The molecule has 0 spiro atoms. The minimum atomic E-state index is -4.02. The van der Waals surface area contributed by atoms with Gasteiger partial charge in [0.15, 0.2) is 0 Å². The topological polar surface area (TPSA) is 127 Å². The molecule has 2 heterocycles. The Balaban J connectivity index is 1.69. The van der Waals surface area contributed by atoms with Crippen molar-refractivity contribution in [1.29, 1.82) is 0 Å². The number of benzene rings is 2. The second-order valence-corrected chi connectivity index (χ2v) is 8.81. The zero-order chi connectivity index (χ0) is 22.0. The zero-order valence-electron chi connectivity index (χ0n) is 16.4. The molecule has 4 rings (SSSR count). The molecular formula is C21H20FN5O3S. The second kappa shape index (κ2) is 8.40. The number of anilines is 1. The third-order valence-electron chi connectivity index (χ3n) is 4.99. The molecule has 160 valence electrons. The summed E-state index contributed by atoms with van der Waals surface area (Å²) in [6, 6.07) is 9.79. The summed E-state index contributed by atoms with van der Waals surface area (Å²) >= 11 is 0. The van der Waals surface area contributed by atoms with Crippen LogP contribution in [0.5, 0.6) is 0 Å². The van der Waals surface area contributed by atoms with Crippen LogP contribution in [-0.4, -0.2) is 36.9 Å². The van der Waals surface area contributed by atoms with Crippen molar-refractivity contribution in [1.82, 2.24) is 20.0 Å². The van der Waals surface area contributed by atoms with Crippen LogP contribution in [0.1, 0.15) is 12.8 Å². The normalized spacial score (nSPS) is 16.7. The monoisotopic (exact) mass is 441 g/mol. The van der Waals surface area contributed by atoms with E-state index in [0.29, 0.717) is 36.2 Å². The highest BCUT2D eigenvalue weighted by molar-refractivity contribution is 7.89. The molecule has 10 heteroatoms. The predicted molar refractivity (Wildman–Crippen MR) is 114 cm³/mol. The Morgan fingerprint density at radius 2 is 1.90 bits per heavy atom. The number of nitrogens with one attached hydrogen (secondary N) is 2. The number of carbonyl (C=O) groups excluding carboxylic acids is 1. The van der Waals surface area contributed by atoms with Crippen LogP contribution in [0.15, 0.2) is 59.8 Å². The molecule has 1 aromatic heterocycles. The lowest BCUT2D eigenvalue weighted by Gasteiger charge is -2.23. The third kappa shape index (κ3) is 4.39. The van der Waals surface area contributed by atoms with Gasteiger partial charge in [-0.1, -0.05) is 24.3 Å². The van der Waals surface area contributed by atoms with Crippen LogP contribution in [0, 0.1) is 5.82 Å². The van der Waals surface area contributed by atoms with Gasteiger partial charge in [-0.3, -0.25) is 9.78 Å². The smallest absolute Gasteiger partial charge is 0.241 e. The van der Waals surface area contributed by atoms with Crippen molar-refractivity contribution in [3.8, 4) is 22.4 Å². The minimum Gasteiger partial charge on any atom is -0.382 e. The molecule has 1 aliphatic rings. The second-order valence-electron chi connectivity index (χ2n) is 7.12. The summed E-state index contributed by atoms with van der Waals surface area (Å²) in [6.45, 7) is 0.525. The zero-order valence-corrected chi connectivity index (χ0v) is 17.2. The largest absolute Gasteiger partial charge is 0.382 e. The van der Waals surface area contributed by atoms with Crippen molar-refractivity contribution >= 4 is 21.7 Å². The van der Waals surface area contributed by atoms with Crippen molar-refractivity contribution < 1.29 is 17.6 Å². The lowest BCUT2D eigenvalue weighted by molar-refractivity contribution is -0.124. The van der Waals surface area contributed by atoms with E-state index in [9.17, 15) is 17.6 Å². The lowest BCUT2D eigenvalue weighted by atomic mass is 10.0. The van der Waals surface area contributed by atoms with E-state index in [1.807, 2.05) is 0 Å². The molecule has 3 aromatic rings. The quantitative estimate of drug-likeness (QED) is 0.556. The lowest BCUT2D eigenvalue weighted by Crippen LogP contribution is -2.50. The highest BCUT2D eigenvalue weighted by Crippen LogP contribution is 2.31. The molecule has 31 heavy (non-hydrogen) atoms. The van der Waals surface area contributed by atoms with Crippen LogP contribution in [0.2, 0.25) is 0 Å². The molecule has 0 saturated carbocycles. The number of halogens is 1. The highest BCUT2D eigenvalue weighted by atomic mass is 32.2. The maximum atomic E-state index is 14.9. The van der Waals surface area contributed by atoms with E-state index in [2.05, 4.69) is 20.0 Å². The Bertz CT molecular complexity index is 1230. The van der Waals surface area contributed by atoms with Crippen molar-refractivity contribution in [3.05, 3.63) is 60.7 Å². The van der Waals surface area contributed by atoms with Gasteiger partial charge in [0.25, 0.3) is 0 Å². The molecule has 1 amide bonds. The average Bonchev–Trinajstić information content (AvgIpc) is 2.76. The highest BCUT2D eigenvalue weighted by Gasteiger charge is 2.29. The number of nitrogens with zero attached hydrogens (tertiary/aromatic N) is 2. The van der Waals surface area contributed by atoms with Crippen LogP contribution in [0.25, 0.3) is 22.4 Å². The summed E-state index contributed by atoms with van der Waals surface area (Å²) in [7, 11) is -4.02. The number of hydrogen-bond acceptors (Lipinski definition) is 6. The van der Waals surface area contributed by atoms with E-state index < -0.39 is 21.9 Å². The van der Waals surface area contributed by atoms with Gasteiger partial charge in [0.05, 0.1) is 23.0 Å². The average molecular weight is 441 g/mol. The number of nitrogen functional groups attached to an aromatic ring is 1. The first kappa shape index (κ1) is 20.9. The molecule has 0 aliphatic carbocycles. The summed E-state index contributed by atoms with van der Waals surface area (Å²) in [5.74, 6) is -0.713. The molecule has 0 unspecified atom stereocenters. The van der Waals surface area contributed by atoms with E-state index >= 15 is 0 Å². The number of piperidine rings is 1. The van der Waals surface area contributed by atoms with Crippen molar-refractivity contribution in [2.45, 2.75) is 23.8 Å². The molecule has 2 aromatic carbocycles. The van der Waals surface area contributed by atoms with Crippen LogP contribution in [0.4, 0.5) is 10.2 Å². The van der Waals surface area contributed by atoms with Crippen molar-refractivity contribution in [2.75, 3.05) is 12.3 Å². The molecule has 0 radical (unpaired) electrons. The summed E-state index contributed by atoms with van der Waals surface area (Å²) < 4.78 is 43.4. The Morgan fingerprint density at radius 1 is 1.10 bits per heavy atom. The Labute approximate surface area is 178 Å². The number of aromatic nitrogens is 2. The number of hydrogen-bond donors (Lipinski definition) is 3. The van der Waals surface area contributed by atoms with E-state index in [1.54, 1.807) is 24.3 Å². The number of sulfonamides is 1. The fourth-order valence-electron chi connectivity index (χ4n) is 3.44. The Morgan fingerprint density at radius 3 is 2.61 bits per heavy atom. The molecular weight excluding hydrogens is 421 g/mol. The molecule has 4 N–H and O–H groups in total. The number of amides is 1. The first-order valence-corrected chi connectivity index (χ1v) is 11.1. The van der Waals surface area contributed by atoms with Gasteiger partial charge in [0, 0.05) is 17.7 Å². The van der Waals surface area contributed by atoms with E-state index in [0.717, 1.165) is 0 Å². The van der Waals surface area contributed by atoms with Gasteiger partial charge in [0.2, 0.25) is 15.9 Å². The summed E-state index contributed by atoms with van der Waals surface area (Å²) in [5.41, 5.74) is 6.74. The number of rotatable bonds is 5. The molecule has 0 bridgehead atoms. The number of nitrogens with two attached hydrogens (primary N) is 1. The summed E-state index contributed by atoms with van der Waals surface area (Å²) in [6.07, 6.45) is 3.79. The maximum Gasteiger partial charge on any atom is 0.241 e. The minimum absolute atomic E-state index is 0.0344. The van der Waals surface area contributed by atoms with Gasteiger partial charge < -0.3 is 11.1 Å². The SMILES string of the molecule is Nc1cnc(-c2ccc(-c3ccccc3S(=O)(=O)N[C@@H]3CCCNC3=O)cc2F)cn1. The summed E-state index contributed by atoms with van der Waals surface area (Å²) in [5, 5.41) is 2.65. The third-order valence-corrected chi connectivity index (χ3v) is 6.52. The van der Waals surface area contributed by atoms with Gasteiger partial charge in [-0.15, -0.1) is 0 Å². The van der Waals surface area contributed by atoms with Crippen LogP contribution >= 0.6 is 0 Å². The number of carbonyl (C=O) groups is 1. The van der Waals surface area contributed by atoms with E-state index in [-0.39, 0.29) is 22.2 Å². The summed E-state index contributed by atoms with van der Waals surface area (Å²) in [4.78, 5) is 19.9. The standard InChI is InChI=1S/C21H20FN5O3S/c22-16-10-13(7-8-15(16)18-11-26-20(23)12-25-18)14-4-1-2-6-19(14)31(29,30)27-17-5-3-9-24-21(17)28/h1-2,4,6-8,10-12,17,27H,3,5,9H2,(H2,23,26)(H,24,28)/t17-/m1/s1. The van der Waals surface area contributed by atoms with Gasteiger partial charge in [-0.2, -0.15) is 4.72 Å². The van der Waals surface area contributed by atoms with Gasteiger partial charge in [-0.25, -0.2) is 17.8 Å². The Kier molecular flexibility index (Phi) is 5.66. The Hall–Kier alpha value is -3.37. The van der Waals surface area contributed by atoms with E-state index in [1.165, 1.54) is 30.6 Å². The van der Waals surface area contributed by atoms with Crippen LogP contribution < -0.4 is 15.8 Å². The van der Waals surface area contributed by atoms with Crippen LogP contribution in [-0.2, 0) is 14.8 Å². The van der Waals surface area contributed by atoms with Crippen molar-refractivity contribution in [3.63, 3.8) is 0 Å². The molecule has 1 atom stereocenters. The molecule has 1 aliphatic heterocycles. The fourth-order valence-corrected chi connectivity index (χ4v) is 4.90.